The third kappa shape index (κ3) is 2.84. The largest absolute Gasteiger partial charge is 0.416 e. The second kappa shape index (κ2) is 5.26. The van der Waals surface area contributed by atoms with Crippen molar-refractivity contribution in [1.29, 1.82) is 0 Å². The number of carbonyl (C=O) groups excluding carboxylic acids is 1. The van der Waals surface area contributed by atoms with E-state index in [1.54, 1.807) is 6.07 Å². The molecule has 3 atom stereocenters. The minimum Gasteiger partial charge on any atom is -0.349 e. The highest BCUT2D eigenvalue weighted by Gasteiger charge is 2.46. The van der Waals surface area contributed by atoms with Gasteiger partial charge in [0.1, 0.15) is 0 Å². The van der Waals surface area contributed by atoms with Crippen molar-refractivity contribution < 1.29 is 18.0 Å². The first-order valence-corrected chi connectivity index (χ1v) is 7.52. The predicted molar refractivity (Wildman–Crippen MR) is 76.1 cm³/mol. The van der Waals surface area contributed by atoms with Gasteiger partial charge in [0.2, 0.25) is 5.91 Å². The van der Waals surface area contributed by atoms with Crippen molar-refractivity contribution in [2.75, 3.05) is 0 Å². The zero-order valence-electron chi connectivity index (χ0n) is 12.3. The van der Waals surface area contributed by atoms with Gasteiger partial charge in [0, 0.05) is 18.5 Å². The number of hydrogen-bond acceptors (Lipinski definition) is 2. The van der Waals surface area contributed by atoms with Crippen molar-refractivity contribution in [2.45, 2.75) is 56.4 Å². The maximum Gasteiger partial charge on any atom is 0.416 e. The fourth-order valence-corrected chi connectivity index (χ4v) is 3.59. The molecule has 3 rings (SSSR count). The van der Waals surface area contributed by atoms with Crippen LogP contribution < -0.4 is 10.6 Å². The molecule has 0 aromatic heterocycles. The molecule has 1 unspecified atom stereocenters. The molecule has 2 aliphatic heterocycles. The monoisotopic (exact) mass is 312 g/mol. The Morgan fingerprint density at radius 3 is 2.82 bits per heavy atom. The van der Waals surface area contributed by atoms with Crippen LogP contribution >= 0.6 is 0 Å². The molecule has 0 bridgehead atoms. The van der Waals surface area contributed by atoms with Gasteiger partial charge in [0.05, 0.1) is 11.1 Å². The molecule has 6 heteroatoms. The zero-order valence-corrected chi connectivity index (χ0v) is 12.3. The summed E-state index contributed by atoms with van der Waals surface area (Å²) in [7, 11) is 0. The summed E-state index contributed by atoms with van der Waals surface area (Å²) in [4.78, 5) is 11.8. The van der Waals surface area contributed by atoms with Crippen LogP contribution in [0.1, 0.15) is 49.8 Å². The number of rotatable bonds is 1. The Balaban J connectivity index is 1.85. The van der Waals surface area contributed by atoms with Crippen LogP contribution in [0.15, 0.2) is 24.3 Å². The van der Waals surface area contributed by atoms with Crippen LogP contribution in [0.5, 0.6) is 0 Å². The summed E-state index contributed by atoms with van der Waals surface area (Å²) in [5, 5.41) is 6.44. The van der Waals surface area contributed by atoms with E-state index in [4.69, 9.17) is 0 Å². The van der Waals surface area contributed by atoms with Gasteiger partial charge in [-0.25, -0.2) is 0 Å². The standard InChI is InChI=1S/C16H19F3N2O/c1-15-9-12(20-13(15)6-3-7-14(22)21-15)10-4-2-5-11(8-10)16(17,18)19/h2,4-5,8,12-13,20H,3,6-7,9H2,1H3,(H,21,22)/t12-,13?,15-/m0/s1. The highest BCUT2D eigenvalue weighted by molar-refractivity contribution is 5.77. The molecule has 2 aliphatic rings. The van der Waals surface area contributed by atoms with Crippen LogP contribution in [0.4, 0.5) is 13.2 Å². The van der Waals surface area contributed by atoms with E-state index in [9.17, 15) is 18.0 Å². The molecule has 3 nitrogen and oxygen atoms in total. The van der Waals surface area contributed by atoms with Crippen LogP contribution in [0.25, 0.3) is 0 Å². The minimum absolute atomic E-state index is 0.0245. The molecule has 0 radical (unpaired) electrons. The lowest BCUT2D eigenvalue weighted by Gasteiger charge is -2.29. The predicted octanol–water partition coefficient (Wildman–Crippen LogP) is 3.17. The van der Waals surface area contributed by atoms with Crippen LogP contribution in [-0.2, 0) is 11.0 Å². The molecule has 1 amide bonds. The summed E-state index contributed by atoms with van der Waals surface area (Å²) >= 11 is 0. The van der Waals surface area contributed by atoms with Crippen molar-refractivity contribution in [3.05, 3.63) is 35.4 Å². The number of nitrogens with one attached hydrogen (secondary N) is 2. The Kier molecular flexibility index (Phi) is 3.67. The first-order valence-electron chi connectivity index (χ1n) is 7.52. The minimum atomic E-state index is -4.34. The molecular formula is C16H19F3N2O. The van der Waals surface area contributed by atoms with Gasteiger partial charge in [0.15, 0.2) is 0 Å². The Bertz CT molecular complexity index is 587. The fraction of sp³-hybridized carbons (Fsp3) is 0.562. The summed E-state index contributed by atoms with van der Waals surface area (Å²) in [6, 6.07) is 5.36. The van der Waals surface area contributed by atoms with Crippen molar-refractivity contribution >= 4 is 5.91 Å². The van der Waals surface area contributed by atoms with Gasteiger partial charge < -0.3 is 10.6 Å². The van der Waals surface area contributed by atoms with E-state index >= 15 is 0 Å². The molecule has 2 N–H and O–H groups in total. The van der Waals surface area contributed by atoms with Gasteiger partial charge in [-0.05, 0) is 43.9 Å². The van der Waals surface area contributed by atoms with Crippen LogP contribution in [-0.4, -0.2) is 17.5 Å². The second-order valence-corrected chi connectivity index (χ2v) is 6.46. The number of hydrogen-bond donors (Lipinski definition) is 2. The first-order chi connectivity index (χ1) is 10.3. The quantitative estimate of drug-likeness (QED) is 0.836. The lowest BCUT2D eigenvalue weighted by molar-refractivity contribution is -0.137. The van der Waals surface area contributed by atoms with E-state index < -0.39 is 17.3 Å². The van der Waals surface area contributed by atoms with Crippen LogP contribution in [0.2, 0.25) is 0 Å². The van der Waals surface area contributed by atoms with Gasteiger partial charge in [-0.3, -0.25) is 4.79 Å². The Hall–Kier alpha value is -1.56. The van der Waals surface area contributed by atoms with Crippen molar-refractivity contribution in [2.24, 2.45) is 0 Å². The molecular weight excluding hydrogens is 293 g/mol. The Morgan fingerprint density at radius 2 is 2.09 bits per heavy atom. The molecule has 0 saturated carbocycles. The highest BCUT2D eigenvalue weighted by Crippen LogP contribution is 2.39. The number of fused-ring (bicyclic) bond motifs is 1. The van der Waals surface area contributed by atoms with Gasteiger partial charge in [-0.2, -0.15) is 13.2 Å². The molecule has 2 fully saturated rings. The molecule has 1 aromatic carbocycles. The van der Waals surface area contributed by atoms with E-state index in [2.05, 4.69) is 10.6 Å². The number of alkyl halides is 3. The topological polar surface area (TPSA) is 41.1 Å². The fourth-order valence-electron chi connectivity index (χ4n) is 3.59. The highest BCUT2D eigenvalue weighted by atomic mass is 19.4. The number of halogens is 3. The van der Waals surface area contributed by atoms with E-state index in [1.165, 1.54) is 12.1 Å². The van der Waals surface area contributed by atoms with Crippen molar-refractivity contribution in [3.63, 3.8) is 0 Å². The molecule has 2 heterocycles. The Morgan fingerprint density at radius 1 is 1.32 bits per heavy atom. The summed E-state index contributed by atoms with van der Waals surface area (Å²) in [5.41, 5.74) is -0.404. The summed E-state index contributed by atoms with van der Waals surface area (Å²) in [6.45, 7) is 1.97. The van der Waals surface area contributed by atoms with Crippen LogP contribution in [0.3, 0.4) is 0 Å². The molecule has 120 valence electrons. The molecule has 2 saturated heterocycles. The van der Waals surface area contributed by atoms with E-state index in [0.717, 1.165) is 18.9 Å². The SMILES string of the molecule is C[C@]12C[C@@H](c3cccc(C(F)(F)F)c3)NC1CCCC(=O)N2. The van der Waals surface area contributed by atoms with Crippen molar-refractivity contribution in [3.8, 4) is 0 Å². The normalized spacial score (nSPS) is 32.3. The van der Waals surface area contributed by atoms with Crippen LogP contribution in [0, 0.1) is 0 Å². The summed E-state index contributed by atoms with van der Waals surface area (Å²) < 4.78 is 38.6. The van der Waals surface area contributed by atoms with Gasteiger partial charge in [-0.15, -0.1) is 0 Å². The average Bonchev–Trinajstić information content (AvgIpc) is 2.68. The number of benzene rings is 1. The smallest absolute Gasteiger partial charge is 0.349 e. The molecule has 22 heavy (non-hydrogen) atoms. The second-order valence-electron chi connectivity index (χ2n) is 6.46. The molecule has 0 spiro atoms. The number of amides is 1. The van der Waals surface area contributed by atoms with E-state index in [1.807, 2.05) is 6.92 Å². The summed E-state index contributed by atoms with van der Waals surface area (Å²) in [6.07, 6.45) is -1.57. The third-order valence-corrected chi connectivity index (χ3v) is 4.74. The maximum atomic E-state index is 12.9. The summed E-state index contributed by atoms with van der Waals surface area (Å²) in [5.74, 6) is 0.0245. The third-order valence-electron chi connectivity index (χ3n) is 4.74. The number of carbonyl (C=O) groups is 1. The van der Waals surface area contributed by atoms with Crippen molar-refractivity contribution in [1.82, 2.24) is 10.6 Å². The van der Waals surface area contributed by atoms with Gasteiger partial charge in [-0.1, -0.05) is 12.1 Å². The molecule has 1 aromatic rings. The zero-order chi connectivity index (χ0) is 16.0. The maximum absolute atomic E-state index is 12.9. The first kappa shape index (κ1) is 15.3. The Labute approximate surface area is 127 Å². The average molecular weight is 312 g/mol. The van der Waals surface area contributed by atoms with Gasteiger partial charge in [0.25, 0.3) is 0 Å². The van der Waals surface area contributed by atoms with E-state index in [0.29, 0.717) is 18.4 Å². The lowest BCUT2D eigenvalue weighted by atomic mass is 9.88. The molecule has 0 aliphatic carbocycles. The van der Waals surface area contributed by atoms with Gasteiger partial charge >= 0.3 is 6.18 Å². The lowest BCUT2D eigenvalue weighted by Crippen LogP contribution is -2.52. The van der Waals surface area contributed by atoms with E-state index in [-0.39, 0.29) is 18.0 Å².